The Balaban J connectivity index is 1.68. The van der Waals surface area contributed by atoms with Crippen LogP contribution in [0.15, 0.2) is 24.3 Å². The van der Waals surface area contributed by atoms with Crippen LogP contribution in [0.2, 0.25) is 5.02 Å². The van der Waals surface area contributed by atoms with Gasteiger partial charge in [0.2, 0.25) is 0 Å². The molecule has 0 unspecified atom stereocenters. The van der Waals surface area contributed by atoms with Gasteiger partial charge in [-0.3, -0.25) is 10.1 Å². The average Bonchev–Trinajstić information content (AvgIpc) is 2.97. The number of rotatable bonds is 4. The summed E-state index contributed by atoms with van der Waals surface area (Å²) in [6.45, 7) is 7.84. The number of ether oxygens (including phenoxy) is 1. The second-order valence-electron chi connectivity index (χ2n) is 6.08. The number of fused-ring (bicyclic) bond motifs is 1. The number of halogens is 1. The highest BCUT2D eigenvalue weighted by Crippen LogP contribution is 2.30. The number of thiazole rings is 1. The van der Waals surface area contributed by atoms with Gasteiger partial charge in [0, 0.05) is 5.02 Å². The Morgan fingerprint density at radius 3 is 2.52 bits per heavy atom. The normalized spacial score (nSPS) is 10.9. The summed E-state index contributed by atoms with van der Waals surface area (Å²) in [6.07, 6.45) is 0. The minimum Gasteiger partial charge on any atom is -0.484 e. The van der Waals surface area contributed by atoms with Gasteiger partial charge in [0.05, 0.1) is 10.2 Å². The second kappa shape index (κ2) is 7.02. The average molecular weight is 375 g/mol. The molecule has 0 aliphatic rings. The zero-order valence-electron chi connectivity index (χ0n) is 14.6. The fourth-order valence-electron chi connectivity index (χ4n) is 2.57. The summed E-state index contributed by atoms with van der Waals surface area (Å²) < 4.78 is 6.64. The van der Waals surface area contributed by atoms with Gasteiger partial charge in [-0.1, -0.05) is 29.0 Å². The lowest BCUT2D eigenvalue weighted by Crippen LogP contribution is -2.20. The second-order valence-corrected chi connectivity index (χ2v) is 7.49. The maximum Gasteiger partial charge on any atom is 0.264 e. The SMILES string of the molecule is Cc1cc(OCC(=O)Nc2nc3c(C)c(C)ccc3s2)cc(C)c1Cl. The Labute approximate surface area is 155 Å². The Bertz CT molecular complexity index is 942. The number of hydrogen-bond acceptors (Lipinski definition) is 4. The molecule has 0 fully saturated rings. The van der Waals surface area contributed by atoms with Crippen molar-refractivity contribution in [2.75, 3.05) is 11.9 Å². The predicted molar refractivity (Wildman–Crippen MR) is 104 cm³/mol. The molecule has 0 saturated heterocycles. The van der Waals surface area contributed by atoms with Crippen molar-refractivity contribution in [1.29, 1.82) is 0 Å². The third kappa shape index (κ3) is 3.78. The molecule has 3 aromatic rings. The Morgan fingerprint density at radius 2 is 1.84 bits per heavy atom. The Morgan fingerprint density at radius 1 is 1.16 bits per heavy atom. The highest BCUT2D eigenvalue weighted by atomic mass is 35.5. The molecule has 1 amide bonds. The molecule has 130 valence electrons. The molecule has 1 heterocycles. The first kappa shape index (κ1) is 17.7. The fourth-order valence-corrected chi connectivity index (χ4v) is 3.62. The lowest BCUT2D eigenvalue weighted by molar-refractivity contribution is -0.118. The zero-order chi connectivity index (χ0) is 18.1. The minimum atomic E-state index is -0.237. The van der Waals surface area contributed by atoms with Crippen LogP contribution in [0.3, 0.4) is 0 Å². The molecule has 1 N–H and O–H groups in total. The van der Waals surface area contributed by atoms with E-state index in [4.69, 9.17) is 16.3 Å². The van der Waals surface area contributed by atoms with E-state index >= 15 is 0 Å². The number of nitrogens with zero attached hydrogens (tertiary/aromatic N) is 1. The lowest BCUT2D eigenvalue weighted by Gasteiger charge is -2.09. The number of carbonyl (C=O) groups excluding carboxylic acids is 1. The Kier molecular flexibility index (Phi) is 4.97. The number of amides is 1. The lowest BCUT2D eigenvalue weighted by atomic mass is 10.1. The van der Waals surface area contributed by atoms with E-state index in [0.717, 1.165) is 31.9 Å². The third-order valence-corrected chi connectivity index (χ3v) is 5.64. The molecule has 25 heavy (non-hydrogen) atoms. The largest absolute Gasteiger partial charge is 0.484 e. The van der Waals surface area contributed by atoms with Crippen molar-refractivity contribution < 1.29 is 9.53 Å². The van der Waals surface area contributed by atoms with E-state index in [1.807, 2.05) is 39.0 Å². The molecule has 4 nitrogen and oxygen atoms in total. The smallest absolute Gasteiger partial charge is 0.264 e. The first-order valence-electron chi connectivity index (χ1n) is 7.91. The number of carbonyl (C=O) groups is 1. The van der Waals surface area contributed by atoms with Gasteiger partial charge >= 0.3 is 0 Å². The van der Waals surface area contributed by atoms with E-state index in [1.165, 1.54) is 16.9 Å². The van der Waals surface area contributed by atoms with Crippen LogP contribution in [0.4, 0.5) is 5.13 Å². The molecule has 2 aromatic carbocycles. The van der Waals surface area contributed by atoms with Gasteiger partial charge in [-0.25, -0.2) is 4.98 Å². The van der Waals surface area contributed by atoms with Crippen LogP contribution in [0, 0.1) is 27.7 Å². The van der Waals surface area contributed by atoms with Crippen molar-refractivity contribution in [3.63, 3.8) is 0 Å². The summed E-state index contributed by atoms with van der Waals surface area (Å²) in [7, 11) is 0. The summed E-state index contributed by atoms with van der Waals surface area (Å²) in [6, 6.07) is 7.75. The van der Waals surface area contributed by atoms with Gasteiger partial charge in [-0.2, -0.15) is 0 Å². The Hall–Kier alpha value is -2.11. The molecule has 6 heteroatoms. The number of aryl methyl sites for hydroxylation is 4. The van der Waals surface area contributed by atoms with E-state index < -0.39 is 0 Å². The van der Waals surface area contributed by atoms with Crippen molar-refractivity contribution >= 4 is 44.2 Å². The molecule has 0 bridgehead atoms. The van der Waals surface area contributed by atoms with Crippen LogP contribution in [0.5, 0.6) is 5.75 Å². The summed E-state index contributed by atoms with van der Waals surface area (Å²) in [5.41, 5.74) is 5.11. The minimum absolute atomic E-state index is 0.0750. The van der Waals surface area contributed by atoms with Gasteiger partial charge in [0.1, 0.15) is 5.75 Å². The first-order chi connectivity index (χ1) is 11.8. The molecule has 0 aliphatic carbocycles. The van der Waals surface area contributed by atoms with Crippen LogP contribution in [0.1, 0.15) is 22.3 Å². The van der Waals surface area contributed by atoms with Gasteiger partial charge in [-0.15, -0.1) is 0 Å². The molecule has 0 atom stereocenters. The van der Waals surface area contributed by atoms with Gasteiger partial charge in [0.25, 0.3) is 5.91 Å². The maximum atomic E-state index is 12.2. The summed E-state index contributed by atoms with van der Waals surface area (Å²) in [4.78, 5) is 16.7. The molecule has 0 saturated carbocycles. The van der Waals surface area contributed by atoms with E-state index in [1.54, 1.807) is 0 Å². The third-order valence-electron chi connectivity index (χ3n) is 4.11. The number of aromatic nitrogens is 1. The standard InChI is InChI=1S/C19H19ClN2O2S/c1-10-5-6-15-18(13(10)4)22-19(25-15)21-16(23)9-24-14-7-11(2)17(20)12(3)8-14/h5-8H,9H2,1-4H3,(H,21,22,23). The molecule has 3 rings (SSSR count). The quantitative estimate of drug-likeness (QED) is 0.682. The van der Waals surface area contributed by atoms with Crippen LogP contribution in [0.25, 0.3) is 10.2 Å². The maximum absolute atomic E-state index is 12.2. The number of hydrogen-bond donors (Lipinski definition) is 1. The summed E-state index contributed by atoms with van der Waals surface area (Å²) in [5, 5.41) is 4.11. The van der Waals surface area contributed by atoms with Crippen molar-refractivity contribution in [2.24, 2.45) is 0 Å². The van der Waals surface area contributed by atoms with E-state index in [0.29, 0.717) is 10.9 Å². The fraction of sp³-hybridized carbons (Fsp3) is 0.263. The molecule has 0 aliphatic heterocycles. The van der Waals surface area contributed by atoms with Crippen LogP contribution < -0.4 is 10.1 Å². The van der Waals surface area contributed by atoms with Crippen molar-refractivity contribution in [3.8, 4) is 5.75 Å². The van der Waals surface area contributed by atoms with Crippen molar-refractivity contribution in [2.45, 2.75) is 27.7 Å². The van der Waals surface area contributed by atoms with Crippen molar-refractivity contribution in [1.82, 2.24) is 4.98 Å². The van der Waals surface area contributed by atoms with Gasteiger partial charge in [-0.05, 0) is 68.1 Å². The van der Waals surface area contributed by atoms with Crippen molar-refractivity contribution in [3.05, 3.63) is 51.5 Å². The molecule has 1 aromatic heterocycles. The van der Waals surface area contributed by atoms with Crippen LogP contribution in [-0.2, 0) is 4.79 Å². The van der Waals surface area contributed by atoms with Crippen LogP contribution in [-0.4, -0.2) is 17.5 Å². The summed E-state index contributed by atoms with van der Waals surface area (Å²) in [5.74, 6) is 0.393. The van der Waals surface area contributed by atoms with E-state index in [2.05, 4.69) is 23.3 Å². The van der Waals surface area contributed by atoms with E-state index in [-0.39, 0.29) is 12.5 Å². The molecule has 0 radical (unpaired) electrons. The monoisotopic (exact) mass is 374 g/mol. The van der Waals surface area contributed by atoms with Crippen LogP contribution >= 0.6 is 22.9 Å². The molecule has 0 spiro atoms. The highest BCUT2D eigenvalue weighted by molar-refractivity contribution is 7.22. The number of benzene rings is 2. The summed E-state index contributed by atoms with van der Waals surface area (Å²) >= 11 is 7.60. The van der Waals surface area contributed by atoms with Gasteiger partial charge < -0.3 is 4.74 Å². The van der Waals surface area contributed by atoms with E-state index in [9.17, 15) is 4.79 Å². The zero-order valence-corrected chi connectivity index (χ0v) is 16.1. The molecular formula is C19H19ClN2O2S. The highest BCUT2D eigenvalue weighted by Gasteiger charge is 2.11. The topological polar surface area (TPSA) is 51.2 Å². The predicted octanol–water partition coefficient (Wildman–Crippen LogP) is 5.20. The first-order valence-corrected chi connectivity index (χ1v) is 9.10. The number of anilines is 1. The number of nitrogens with one attached hydrogen (secondary N) is 1. The molecular weight excluding hydrogens is 356 g/mol. The van der Waals surface area contributed by atoms with Gasteiger partial charge in [0.15, 0.2) is 11.7 Å².